The molecule has 0 spiro atoms. The summed E-state index contributed by atoms with van der Waals surface area (Å²) in [5.74, 6) is 2.34. The van der Waals surface area contributed by atoms with Crippen LogP contribution in [0.2, 0.25) is 0 Å². The highest BCUT2D eigenvalue weighted by Gasteiger charge is 2.33. The number of nitrogens with one attached hydrogen (secondary N) is 1. The van der Waals surface area contributed by atoms with E-state index in [-0.39, 0.29) is 11.7 Å². The maximum atomic E-state index is 12.6. The minimum atomic E-state index is -4.55. The molecule has 1 aromatic carbocycles. The van der Waals surface area contributed by atoms with Gasteiger partial charge in [-0.2, -0.15) is 18.4 Å². The zero-order valence-electron chi connectivity index (χ0n) is 8.97. The van der Waals surface area contributed by atoms with Crippen molar-refractivity contribution in [2.75, 3.05) is 5.32 Å². The van der Waals surface area contributed by atoms with Crippen molar-refractivity contribution in [1.29, 1.82) is 5.26 Å². The van der Waals surface area contributed by atoms with Gasteiger partial charge < -0.3 is 5.32 Å². The van der Waals surface area contributed by atoms with E-state index in [9.17, 15) is 13.2 Å². The Balaban J connectivity index is 3.16. The molecular formula is C12H9F3N2. The lowest BCUT2D eigenvalue weighted by atomic mass is 10.1. The quantitative estimate of drug-likeness (QED) is 0.804. The average molecular weight is 238 g/mol. The molecule has 0 heterocycles. The summed E-state index contributed by atoms with van der Waals surface area (Å²) in [6, 6.07) is 4.51. The van der Waals surface area contributed by atoms with Crippen molar-refractivity contribution in [2.45, 2.75) is 19.1 Å². The Labute approximate surface area is 97.1 Å². The van der Waals surface area contributed by atoms with Crippen LogP contribution in [0.3, 0.4) is 0 Å². The van der Waals surface area contributed by atoms with E-state index in [2.05, 4.69) is 11.2 Å². The Morgan fingerprint density at radius 1 is 1.41 bits per heavy atom. The SMILES string of the molecule is C#CC(C)Nc1ccc(C#N)c(C(F)(F)F)c1. The molecule has 88 valence electrons. The summed E-state index contributed by atoms with van der Waals surface area (Å²) in [6.07, 6.45) is 0.559. The van der Waals surface area contributed by atoms with Gasteiger partial charge in [0.25, 0.3) is 0 Å². The third-order valence-electron chi connectivity index (χ3n) is 2.08. The fraction of sp³-hybridized carbons (Fsp3) is 0.250. The van der Waals surface area contributed by atoms with Crippen molar-refractivity contribution in [2.24, 2.45) is 0 Å². The van der Waals surface area contributed by atoms with Crippen molar-refractivity contribution in [3.63, 3.8) is 0 Å². The molecular weight excluding hydrogens is 229 g/mol. The highest BCUT2D eigenvalue weighted by molar-refractivity contribution is 5.54. The van der Waals surface area contributed by atoms with Gasteiger partial charge in [0, 0.05) is 5.69 Å². The Bertz CT molecular complexity index is 492. The first-order chi connectivity index (χ1) is 7.88. The third kappa shape index (κ3) is 3.15. The van der Waals surface area contributed by atoms with Gasteiger partial charge >= 0.3 is 6.18 Å². The predicted molar refractivity (Wildman–Crippen MR) is 58.1 cm³/mol. The molecule has 2 nitrogen and oxygen atoms in total. The fourth-order valence-electron chi connectivity index (χ4n) is 1.26. The fourth-order valence-corrected chi connectivity index (χ4v) is 1.26. The largest absolute Gasteiger partial charge is 0.417 e. The smallest absolute Gasteiger partial charge is 0.372 e. The first-order valence-electron chi connectivity index (χ1n) is 4.72. The summed E-state index contributed by atoms with van der Waals surface area (Å²) in [5.41, 5.74) is -1.13. The predicted octanol–water partition coefficient (Wildman–Crippen LogP) is 3.01. The van der Waals surface area contributed by atoms with Crippen LogP contribution in [0.5, 0.6) is 0 Å². The molecule has 17 heavy (non-hydrogen) atoms. The number of terminal acetylenes is 1. The molecule has 1 N–H and O–H groups in total. The molecule has 0 aliphatic rings. The molecule has 0 saturated heterocycles. The third-order valence-corrected chi connectivity index (χ3v) is 2.08. The Morgan fingerprint density at radius 2 is 2.06 bits per heavy atom. The van der Waals surface area contributed by atoms with Gasteiger partial charge in [0.1, 0.15) is 0 Å². The van der Waals surface area contributed by atoms with Crippen LogP contribution in [0.15, 0.2) is 18.2 Å². The maximum absolute atomic E-state index is 12.6. The molecule has 1 atom stereocenters. The van der Waals surface area contributed by atoms with Crippen molar-refractivity contribution in [3.05, 3.63) is 29.3 Å². The van der Waals surface area contributed by atoms with Crippen LogP contribution in [-0.4, -0.2) is 6.04 Å². The second kappa shape index (κ2) is 4.80. The standard InChI is InChI=1S/C12H9F3N2/c1-3-8(2)17-10-5-4-9(7-16)11(6-10)12(13,14)15/h1,4-6,8,17H,2H3. The summed E-state index contributed by atoms with van der Waals surface area (Å²) < 4.78 is 37.8. The Hall–Kier alpha value is -2.14. The average Bonchev–Trinajstić information content (AvgIpc) is 2.27. The lowest BCUT2D eigenvalue weighted by Gasteiger charge is -2.13. The van der Waals surface area contributed by atoms with Crippen molar-refractivity contribution >= 4 is 5.69 Å². The molecule has 0 aliphatic carbocycles. The first-order valence-corrected chi connectivity index (χ1v) is 4.72. The number of halogens is 3. The summed E-state index contributed by atoms with van der Waals surface area (Å²) in [6.45, 7) is 1.64. The molecule has 0 saturated carbocycles. The molecule has 0 fully saturated rings. The summed E-state index contributed by atoms with van der Waals surface area (Å²) in [7, 11) is 0. The Kier molecular flexibility index (Phi) is 3.65. The monoisotopic (exact) mass is 238 g/mol. The first kappa shape index (κ1) is 12.9. The van der Waals surface area contributed by atoms with Crippen LogP contribution < -0.4 is 5.32 Å². The van der Waals surface area contributed by atoms with Crippen LogP contribution in [0.1, 0.15) is 18.1 Å². The number of nitriles is 1. The zero-order valence-corrected chi connectivity index (χ0v) is 8.97. The van der Waals surface area contributed by atoms with Crippen molar-refractivity contribution < 1.29 is 13.2 Å². The van der Waals surface area contributed by atoms with E-state index >= 15 is 0 Å². The molecule has 0 aromatic heterocycles. The maximum Gasteiger partial charge on any atom is 0.417 e. The van der Waals surface area contributed by atoms with E-state index in [1.807, 2.05) is 0 Å². The molecule has 1 aromatic rings. The van der Waals surface area contributed by atoms with Gasteiger partial charge in [0.2, 0.25) is 0 Å². The minimum absolute atomic E-state index is 0.238. The second-order valence-electron chi connectivity index (χ2n) is 3.40. The van der Waals surface area contributed by atoms with E-state index in [0.29, 0.717) is 0 Å². The lowest BCUT2D eigenvalue weighted by Crippen LogP contribution is -2.14. The normalized spacial score (nSPS) is 12.4. The van der Waals surface area contributed by atoms with Crippen LogP contribution in [-0.2, 0) is 6.18 Å². The highest BCUT2D eigenvalue weighted by Crippen LogP contribution is 2.33. The summed E-state index contributed by atoms with van der Waals surface area (Å²) >= 11 is 0. The number of rotatable bonds is 2. The number of hydrogen-bond donors (Lipinski definition) is 1. The minimum Gasteiger partial charge on any atom is -0.372 e. The molecule has 1 unspecified atom stereocenters. The van der Waals surface area contributed by atoms with Gasteiger partial charge in [-0.05, 0) is 25.1 Å². The molecule has 0 aliphatic heterocycles. The van der Waals surface area contributed by atoms with E-state index in [1.54, 1.807) is 6.92 Å². The van der Waals surface area contributed by atoms with Crippen LogP contribution in [0, 0.1) is 23.7 Å². The van der Waals surface area contributed by atoms with Gasteiger partial charge in [-0.3, -0.25) is 0 Å². The van der Waals surface area contributed by atoms with Gasteiger partial charge in [-0.25, -0.2) is 0 Å². The van der Waals surface area contributed by atoms with Crippen molar-refractivity contribution in [1.82, 2.24) is 0 Å². The lowest BCUT2D eigenvalue weighted by molar-refractivity contribution is -0.137. The molecule has 0 bridgehead atoms. The van der Waals surface area contributed by atoms with Crippen LogP contribution in [0.25, 0.3) is 0 Å². The molecule has 5 heteroatoms. The Morgan fingerprint density at radius 3 is 2.53 bits per heavy atom. The van der Waals surface area contributed by atoms with Crippen LogP contribution >= 0.6 is 0 Å². The number of nitrogens with zero attached hydrogens (tertiary/aromatic N) is 1. The second-order valence-corrected chi connectivity index (χ2v) is 3.40. The highest BCUT2D eigenvalue weighted by atomic mass is 19.4. The van der Waals surface area contributed by atoms with Crippen LogP contribution in [0.4, 0.5) is 18.9 Å². The van der Waals surface area contributed by atoms with Gasteiger partial charge in [0.15, 0.2) is 0 Å². The van der Waals surface area contributed by atoms with E-state index < -0.39 is 17.3 Å². The van der Waals surface area contributed by atoms with Crippen molar-refractivity contribution in [3.8, 4) is 18.4 Å². The number of alkyl halides is 3. The summed E-state index contributed by atoms with van der Waals surface area (Å²) in [4.78, 5) is 0. The van der Waals surface area contributed by atoms with E-state index in [4.69, 9.17) is 11.7 Å². The molecule has 1 rings (SSSR count). The van der Waals surface area contributed by atoms with E-state index in [1.165, 1.54) is 12.1 Å². The number of anilines is 1. The number of benzene rings is 1. The zero-order chi connectivity index (χ0) is 13.1. The van der Waals surface area contributed by atoms with E-state index in [0.717, 1.165) is 12.1 Å². The van der Waals surface area contributed by atoms with Gasteiger partial charge in [-0.1, -0.05) is 5.92 Å². The summed E-state index contributed by atoms with van der Waals surface area (Å²) in [5, 5.41) is 11.3. The number of hydrogen-bond acceptors (Lipinski definition) is 2. The molecule has 0 amide bonds. The van der Waals surface area contributed by atoms with Gasteiger partial charge in [-0.15, -0.1) is 6.42 Å². The van der Waals surface area contributed by atoms with Gasteiger partial charge in [0.05, 0.1) is 23.2 Å². The topological polar surface area (TPSA) is 35.8 Å². The molecule has 0 radical (unpaired) electrons.